The zero-order chi connectivity index (χ0) is 9.30. The molecule has 64 valence electrons. The van der Waals surface area contributed by atoms with Gasteiger partial charge in [0, 0.05) is 12.5 Å². The van der Waals surface area contributed by atoms with Gasteiger partial charge < -0.3 is 0 Å². The lowest BCUT2D eigenvalue weighted by Crippen LogP contribution is -2.31. The van der Waals surface area contributed by atoms with Gasteiger partial charge in [-0.25, -0.2) is 9.69 Å². The van der Waals surface area contributed by atoms with Crippen molar-refractivity contribution in [3.63, 3.8) is 0 Å². The summed E-state index contributed by atoms with van der Waals surface area (Å²) >= 11 is 5.24. The molecule has 0 aromatic carbocycles. The summed E-state index contributed by atoms with van der Waals surface area (Å²) in [5.74, 6) is -1.21. The summed E-state index contributed by atoms with van der Waals surface area (Å²) in [6.07, 6.45) is 0. The molecular formula is C6H5ClN2O3. The Bertz CT molecular complexity index is 297. The average Bonchev–Trinajstić information content (AvgIpc) is 2.24. The van der Waals surface area contributed by atoms with E-state index < -0.39 is 17.8 Å². The number of carbonyl (C=O) groups is 3. The molecule has 4 amide bonds. The Morgan fingerprint density at radius 1 is 1.58 bits per heavy atom. The van der Waals surface area contributed by atoms with Crippen molar-refractivity contribution in [2.45, 2.75) is 6.92 Å². The van der Waals surface area contributed by atoms with Crippen LogP contribution in [0.1, 0.15) is 6.92 Å². The van der Waals surface area contributed by atoms with Gasteiger partial charge in [0.25, 0.3) is 5.91 Å². The molecule has 1 fully saturated rings. The Hall–Kier alpha value is -1.36. The molecule has 1 aliphatic heterocycles. The monoisotopic (exact) mass is 188 g/mol. The smallest absolute Gasteiger partial charge is 0.274 e. The summed E-state index contributed by atoms with van der Waals surface area (Å²) in [5.41, 5.74) is 0.746. The van der Waals surface area contributed by atoms with E-state index in [9.17, 15) is 14.4 Å². The van der Waals surface area contributed by atoms with Crippen LogP contribution in [0.5, 0.6) is 0 Å². The van der Waals surface area contributed by atoms with Crippen LogP contribution < -0.4 is 5.32 Å². The predicted octanol–water partition coefficient (Wildman–Crippen LogP) is 0.165. The minimum atomic E-state index is -0.764. The van der Waals surface area contributed by atoms with Crippen LogP contribution in [-0.4, -0.2) is 22.7 Å². The van der Waals surface area contributed by atoms with Gasteiger partial charge in [0.2, 0.25) is 5.91 Å². The maximum Gasteiger partial charge on any atom is 0.335 e. The van der Waals surface area contributed by atoms with E-state index in [1.165, 1.54) is 6.92 Å². The SMILES string of the molecule is CC(=O)N1C(=O)NC(=O)C1=CCl. The maximum atomic E-state index is 10.9. The Balaban J connectivity index is 3.06. The van der Waals surface area contributed by atoms with Crippen molar-refractivity contribution in [3.05, 3.63) is 11.2 Å². The Labute approximate surface area is 73.0 Å². The topological polar surface area (TPSA) is 66.5 Å². The Kier molecular flexibility index (Phi) is 2.14. The van der Waals surface area contributed by atoms with Crippen LogP contribution in [0, 0.1) is 0 Å². The number of hydrogen-bond acceptors (Lipinski definition) is 3. The lowest BCUT2D eigenvalue weighted by molar-refractivity contribution is -0.125. The van der Waals surface area contributed by atoms with E-state index in [1.54, 1.807) is 0 Å². The van der Waals surface area contributed by atoms with Crippen LogP contribution >= 0.6 is 11.6 Å². The van der Waals surface area contributed by atoms with Gasteiger partial charge in [-0.3, -0.25) is 14.9 Å². The van der Waals surface area contributed by atoms with Gasteiger partial charge in [-0.1, -0.05) is 11.6 Å². The van der Waals surface area contributed by atoms with Crippen molar-refractivity contribution in [3.8, 4) is 0 Å². The highest BCUT2D eigenvalue weighted by Gasteiger charge is 2.35. The molecule has 1 aliphatic rings. The first-order valence-electron chi connectivity index (χ1n) is 3.04. The number of rotatable bonds is 0. The first-order chi connectivity index (χ1) is 5.57. The van der Waals surface area contributed by atoms with Gasteiger partial charge in [-0.15, -0.1) is 0 Å². The third-order valence-corrected chi connectivity index (χ3v) is 1.52. The van der Waals surface area contributed by atoms with Crippen molar-refractivity contribution < 1.29 is 14.4 Å². The van der Waals surface area contributed by atoms with E-state index in [4.69, 9.17) is 11.6 Å². The molecule has 12 heavy (non-hydrogen) atoms. The third kappa shape index (κ3) is 1.18. The Morgan fingerprint density at radius 2 is 2.17 bits per heavy atom. The van der Waals surface area contributed by atoms with Gasteiger partial charge in [0.05, 0.1) is 0 Å². The van der Waals surface area contributed by atoms with E-state index in [-0.39, 0.29) is 5.70 Å². The highest BCUT2D eigenvalue weighted by atomic mass is 35.5. The van der Waals surface area contributed by atoms with Crippen LogP contribution in [0.25, 0.3) is 0 Å². The molecular weight excluding hydrogens is 184 g/mol. The summed E-state index contributed by atoms with van der Waals surface area (Å²) in [4.78, 5) is 33.2. The zero-order valence-corrected chi connectivity index (χ0v) is 6.88. The van der Waals surface area contributed by atoms with Crippen molar-refractivity contribution in [2.75, 3.05) is 0 Å². The minimum Gasteiger partial charge on any atom is -0.274 e. The van der Waals surface area contributed by atoms with Crippen LogP contribution in [0.4, 0.5) is 4.79 Å². The minimum absolute atomic E-state index is 0.144. The second kappa shape index (κ2) is 2.94. The number of hydrogen-bond donors (Lipinski definition) is 1. The molecule has 0 radical (unpaired) electrons. The lowest BCUT2D eigenvalue weighted by Gasteiger charge is -2.07. The zero-order valence-electron chi connectivity index (χ0n) is 6.13. The number of amides is 4. The van der Waals surface area contributed by atoms with E-state index in [1.807, 2.05) is 5.32 Å². The first-order valence-corrected chi connectivity index (χ1v) is 3.48. The largest absolute Gasteiger partial charge is 0.335 e. The molecule has 0 aromatic rings. The third-order valence-electron chi connectivity index (χ3n) is 1.32. The summed E-state index contributed by atoms with van der Waals surface area (Å²) in [5, 5.41) is 1.92. The summed E-state index contributed by atoms with van der Waals surface area (Å²) < 4.78 is 0. The number of nitrogens with one attached hydrogen (secondary N) is 1. The van der Waals surface area contributed by atoms with Crippen LogP contribution in [0.2, 0.25) is 0 Å². The van der Waals surface area contributed by atoms with Crippen molar-refractivity contribution in [2.24, 2.45) is 0 Å². The van der Waals surface area contributed by atoms with Crippen molar-refractivity contribution in [1.82, 2.24) is 10.2 Å². The first kappa shape index (κ1) is 8.73. The molecule has 1 heterocycles. The number of urea groups is 1. The standard InChI is InChI=1S/C6H5ClN2O3/c1-3(10)9-4(2-7)5(11)8-6(9)12/h2H,1H3,(H,8,11,12). The fraction of sp³-hybridized carbons (Fsp3) is 0.167. The fourth-order valence-corrected chi connectivity index (χ4v) is 1.04. The molecule has 0 aliphatic carbocycles. The predicted molar refractivity (Wildman–Crippen MR) is 40.0 cm³/mol. The molecule has 6 heteroatoms. The van der Waals surface area contributed by atoms with E-state index in [0.717, 1.165) is 5.54 Å². The second-order valence-corrected chi connectivity index (χ2v) is 2.33. The number of halogens is 1. The molecule has 0 saturated carbocycles. The van der Waals surface area contributed by atoms with Crippen LogP contribution in [-0.2, 0) is 9.59 Å². The lowest BCUT2D eigenvalue weighted by atomic mass is 10.4. The summed E-state index contributed by atoms with van der Waals surface area (Å²) in [6.45, 7) is 1.17. The van der Waals surface area contributed by atoms with Crippen LogP contribution in [0.15, 0.2) is 11.2 Å². The quantitative estimate of drug-likeness (QED) is 0.435. The van der Waals surface area contributed by atoms with E-state index in [0.29, 0.717) is 4.90 Å². The normalized spacial score (nSPS) is 20.2. The van der Waals surface area contributed by atoms with Gasteiger partial charge in [0.15, 0.2) is 0 Å². The van der Waals surface area contributed by atoms with Crippen molar-refractivity contribution >= 4 is 29.4 Å². The number of imide groups is 2. The molecule has 0 unspecified atom stereocenters. The Morgan fingerprint density at radius 3 is 2.50 bits per heavy atom. The average molecular weight is 189 g/mol. The van der Waals surface area contributed by atoms with Gasteiger partial charge in [-0.05, 0) is 0 Å². The second-order valence-electron chi connectivity index (χ2n) is 2.11. The van der Waals surface area contributed by atoms with Crippen LogP contribution in [0.3, 0.4) is 0 Å². The van der Waals surface area contributed by atoms with E-state index in [2.05, 4.69) is 0 Å². The number of carbonyl (C=O) groups excluding carboxylic acids is 3. The van der Waals surface area contributed by atoms with Gasteiger partial charge in [0.1, 0.15) is 5.70 Å². The molecule has 0 bridgehead atoms. The molecule has 0 atom stereocenters. The molecule has 1 saturated heterocycles. The van der Waals surface area contributed by atoms with E-state index >= 15 is 0 Å². The van der Waals surface area contributed by atoms with Gasteiger partial charge >= 0.3 is 6.03 Å². The maximum absolute atomic E-state index is 10.9. The van der Waals surface area contributed by atoms with Crippen molar-refractivity contribution in [1.29, 1.82) is 0 Å². The molecule has 5 nitrogen and oxygen atoms in total. The number of nitrogens with zero attached hydrogens (tertiary/aromatic N) is 1. The summed E-state index contributed by atoms with van der Waals surface area (Å²) in [7, 11) is 0. The highest BCUT2D eigenvalue weighted by Crippen LogP contribution is 2.13. The molecule has 0 aromatic heterocycles. The molecule has 1 N–H and O–H groups in total. The molecule has 0 spiro atoms. The summed E-state index contributed by atoms with van der Waals surface area (Å²) in [6, 6.07) is -0.764. The van der Waals surface area contributed by atoms with Gasteiger partial charge in [-0.2, -0.15) is 0 Å². The highest BCUT2D eigenvalue weighted by molar-refractivity contribution is 6.30. The molecule has 1 rings (SSSR count). The fourth-order valence-electron chi connectivity index (χ4n) is 0.839.